The van der Waals surface area contributed by atoms with Gasteiger partial charge in [0.25, 0.3) is 0 Å². The molecule has 0 aliphatic rings. The SMILES string of the molecule is CC(NC(C)c1ncn[nH]1)c1ccccn1. The number of rotatable bonds is 4. The molecule has 16 heavy (non-hydrogen) atoms. The first kappa shape index (κ1) is 10.8. The van der Waals surface area contributed by atoms with E-state index in [0.717, 1.165) is 11.5 Å². The van der Waals surface area contributed by atoms with Gasteiger partial charge in [-0.15, -0.1) is 0 Å². The lowest BCUT2D eigenvalue weighted by molar-refractivity contribution is 0.470. The molecule has 0 aromatic carbocycles. The second-order valence-corrected chi connectivity index (χ2v) is 3.74. The Bertz CT molecular complexity index is 411. The van der Waals surface area contributed by atoms with Crippen LogP contribution in [0.3, 0.4) is 0 Å². The van der Waals surface area contributed by atoms with Crippen molar-refractivity contribution < 1.29 is 0 Å². The van der Waals surface area contributed by atoms with Crippen molar-refractivity contribution in [3.8, 4) is 0 Å². The van der Waals surface area contributed by atoms with Crippen LogP contribution in [0.4, 0.5) is 0 Å². The molecule has 2 aromatic heterocycles. The summed E-state index contributed by atoms with van der Waals surface area (Å²) in [5, 5.41) is 10.1. The summed E-state index contributed by atoms with van der Waals surface area (Å²) in [6.45, 7) is 4.12. The van der Waals surface area contributed by atoms with Gasteiger partial charge in [-0.05, 0) is 26.0 Å². The summed E-state index contributed by atoms with van der Waals surface area (Å²) in [6.07, 6.45) is 3.31. The van der Waals surface area contributed by atoms with Crippen LogP contribution >= 0.6 is 0 Å². The number of nitrogens with zero attached hydrogens (tertiary/aromatic N) is 3. The fourth-order valence-electron chi connectivity index (χ4n) is 1.59. The van der Waals surface area contributed by atoms with E-state index in [4.69, 9.17) is 0 Å². The summed E-state index contributed by atoms with van der Waals surface area (Å²) >= 11 is 0. The maximum Gasteiger partial charge on any atom is 0.141 e. The standard InChI is InChI=1S/C11H15N5/c1-8(10-5-3-4-6-12-10)15-9(2)11-13-7-14-16-11/h3-9,15H,1-2H3,(H,13,14,16). The van der Waals surface area contributed by atoms with E-state index < -0.39 is 0 Å². The van der Waals surface area contributed by atoms with Crippen molar-refractivity contribution in [2.45, 2.75) is 25.9 Å². The zero-order valence-electron chi connectivity index (χ0n) is 9.38. The molecule has 5 nitrogen and oxygen atoms in total. The lowest BCUT2D eigenvalue weighted by atomic mass is 10.2. The van der Waals surface area contributed by atoms with Gasteiger partial charge in [0.1, 0.15) is 12.2 Å². The molecule has 0 amide bonds. The van der Waals surface area contributed by atoms with Gasteiger partial charge in [-0.2, -0.15) is 5.10 Å². The van der Waals surface area contributed by atoms with E-state index in [9.17, 15) is 0 Å². The minimum atomic E-state index is 0.125. The van der Waals surface area contributed by atoms with Crippen molar-refractivity contribution in [2.24, 2.45) is 0 Å². The van der Waals surface area contributed by atoms with E-state index in [1.165, 1.54) is 6.33 Å². The normalized spacial score (nSPS) is 14.6. The van der Waals surface area contributed by atoms with Gasteiger partial charge < -0.3 is 0 Å². The Labute approximate surface area is 94.3 Å². The van der Waals surface area contributed by atoms with Gasteiger partial charge in [-0.25, -0.2) is 4.98 Å². The van der Waals surface area contributed by atoms with Gasteiger partial charge >= 0.3 is 0 Å². The number of nitrogens with one attached hydrogen (secondary N) is 2. The molecular formula is C11H15N5. The van der Waals surface area contributed by atoms with E-state index in [0.29, 0.717) is 0 Å². The Morgan fingerprint density at radius 1 is 1.19 bits per heavy atom. The number of pyridine rings is 1. The second kappa shape index (κ2) is 4.85. The van der Waals surface area contributed by atoms with Gasteiger partial charge in [0.15, 0.2) is 0 Å². The molecule has 0 saturated heterocycles. The summed E-state index contributed by atoms with van der Waals surface area (Å²) in [4.78, 5) is 8.42. The molecule has 0 fully saturated rings. The van der Waals surface area contributed by atoms with Crippen LogP contribution in [0.5, 0.6) is 0 Å². The zero-order valence-corrected chi connectivity index (χ0v) is 9.38. The molecule has 2 N–H and O–H groups in total. The number of hydrogen-bond donors (Lipinski definition) is 2. The molecular weight excluding hydrogens is 202 g/mol. The molecule has 5 heteroatoms. The maximum atomic E-state index is 4.30. The molecule has 0 radical (unpaired) electrons. The van der Waals surface area contributed by atoms with E-state index in [-0.39, 0.29) is 12.1 Å². The smallest absolute Gasteiger partial charge is 0.141 e. The highest BCUT2D eigenvalue weighted by atomic mass is 15.2. The summed E-state index contributed by atoms with van der Waals surface area (Å²) in [5.41, 5.74) is 1.02. The van der Waals surface area contributed by atoms with Gasteiger partial charge in [-0.1, -0.05) is 6.07 Å². The van der Waals surface area contributed by atoms with Crippen molar-refractivity contribution in [1.82, 2.24) is 25.5 Å². The van der Waals surface area contributed by atoms with E-state index in [2.05, 4.69) is 32.4 Å². The van der Waals surface area contributed by atoms with E-state index in [1.54, 1.807) is 6.20 Å². The maximum absolute atomic E-state index is 4.30. The zero-order chi connectivity index (χ0) is 11.4. The predicted molar refractivity (Wildman–Crippen MR) is 60.6 cm³/mol. The first-order valence-electron chi connectivity index (χ1n) is 5.29. The second-order valence-electron chi connectivity index (χ2n) is 3.74. The Kier molecular flexibility index (Phi) is 3.26. The monoisotopic (exact) mass is 217 g/mol. The Hall–Kier alpha value is -1.75. The molecule has 2 atom stereocenters. The molecule has 84 valence electrons. The van der Waals surface area contributed by atoms with E-state index >= 15 is 0 Å². The van der Waals surface area contributed by atoms with Crippen molar-refractivity contribution in [3.05, 3.63) is 42.2 Å². The van der Waals surface area contributed by atoms with Crippen LogP contribution in [-0.4, -0.2) is 20.2 Å². The first-order chi connectivity index (χ1) is 7.77. The first-order valence-corrected chi connectivity index (χ1v) is 5.29. The molecule has 2 rings (SSSR count). The topological polar surface area (TPSA) is 66.5 Å². The van der Waals surface area contributed by atoms with Crippen LogP contribution in [0.1, 0.15) is 37.4 Å². The molecule has 0 saturated carbocycles. The highest BCUT2D eigenvalue weighted by Crippen LogP contribution is 2.14. The highest BCUT2D eigenvalue weighted by Gasteiger charge is 2.13. The van der Waals surface area contributed by atoms with Crippen LogP contribution in [0, 0.1) is 0 Å². The molecule has 2 unspecified atom stereocenters. The number of aromatic amines is 1. The van der Waals surface area contributed by atoms with Crippen molar-refractivity contribution in [1.29, 1.82) is 0 Å². The van der Waals surface area contributed by atoms with Gasteiger partial charge in [-0.3, -0.25) is 15.4 Å². The Morgan fingerprint density at radius 3 is 2.69 bits per heavy atom. The summed E-state index contributed by atoms with van der Waals surface area (Å²) < 4.78 is 0. The number of hydrogen-bond acceptors (Lipinski definition) is 4. The average Bonchev–Trinajstić information content (AvgIpc) is 2.83. The van der Waals surface area contributed by atoms with Crippen molar-refractivity contribution >= 4 is 0 Å². The van der Waals surface area contributed by atoms with Crippen LogP contribution in [0.15, 0.2) is 30.7 Å². The largest absolute Gasteiger partial charge is 0.299 e. The van der Waals surface area contributed by atoms with Crippen LogP contribution in [0.25, 0.3) is 0 Å². The van der Waals surface area contributed by atoms with Crippen LogP contribution in [-0.2, 0) is 0 Å². The van der Waals surface area contributed by atoms with Gasteiger partial charge in [0.2, 0.25) is 0 Å². The summed E-state index contributed by atoms with van der Waals surface area (Å²) in [6, 6.07) is 6.21. The highest BCUT2D eigenvalue weighted by molar-refractivity contribution is 5.08. The van der Waals surface area contributed by atoms with Gasteiger partial charge in [0, 0.05) is 12.2 Å². The molecule has 0 aliphatic heterocycles. The molecule has 2 aromatic rings. The minimum Gasteiger partial charge on any atom is -0.299 e. The quantitative estimate of drug-likeness (QED) is 0.816. The lowest BCUT2D eigenvalue weighted by Crippen LogP contribution is -2.24. The minimum absolute atomic E-state index is 0.125. The molecule has 0 spiro atoms. The van der Waals surface area contributed by atoms with Crippen LogP contribution in [0.2, 0.25) is 0 Å². The molecule has 0 bridgehead atoms. The number of aromatic nitrogens is 4. The summed E-state index contributed by atoms with van der Waals surface area (Å²) in [7, 11) is 0. The fourth-order valence-corrected chi connectivity index (χ4v) is 1.59. The average molecular weight is 217 g/mol. The summed E-state index contributed by atoms with van der Waals surface area (Å²) in [5.74, 6) is 0.836. The molecule has 0 aliphatic carbocycles. The Morgan fingerprint density at radius 2 is 2.06 bits per heavy atom. The van der Waals surface area contributed by atoms with Crippen molar-refractivity contribution in [2.75, 3.05) is 0 Å². The van der Waals surface area contributed by atoms with Crippen molar-refractivity contribution in [3.63, 3.8) is 0 Å². The third-order valence-corrected chi connectivity index (χ3v) is 2.48. The lowest BCUT2D eigenvalue weighted by Gasteiger charge is -2.17. The van der Waals surface area contributed by atoms with Gasteiger partial charge in [0.05, 0.1) is 11.7 Å². The van der Waals surface area contributed by atoms with Crippen LogP contribution < -0.4 is 5.32 Å². The predicted octanol–water partition coefficient (Wildman–Crippen LogP) is 1.61. The number of H-pyrrole nitrogens is 1. The molecule has 2 heterocycles. The third-order valence-electron chi connectivity index (χ3n) is 2.48. The third kappa shape index (κ3) is 2.43. The Balaban J connectivity index is 2.00. The van der Waals surface area contributed by atoms with E-state index in [1.807, 2.05) is 25.1 Å². The fraction of sp³-hybridized carbons (Fsp3) is 0.364.